The minimum atomic E-state index is -0.423. The molecule has 1 aromatic rings. The topological polar surface area (TPSA) is 58.6 Å². The Morgan fingerprint density at radius 1 is 1.53 bits per heavy atom. The first kappa shape index (κ1) is 14.2. The molecule has 2 N–H and O–H groups in total. The van der Waals surface area contributed by atoms with Crippen LogP contribution in [0.5, 0.6) is 5.75 Å². The Morgan fingerprint density at radius 3 is 2.76 bits per heavy atom. The summed E-state index contributed by atoms with van der Waals surface area (Å²) in [6.45, 7) is 4.14. The molecule has 1 amide bonds. The van der Waals surface area contributed by atoms with E-state index >= 15 is 0 Å². The molecule has 0 aliphatic heterocycles. The molecule has 0 atom stereocenters. The summed E-state index contributed by atoms with van der Waals surface area (Å²) in [5.74, 6) is -0.315. The van der Waals surface area contributed by atoms with Crippen LogP contribution < -0.4 is 5.32 Å². The van der Waals surface area contributed by atoms with Crippen LogP contribution in [-0.4, -0.2) is 30.3 Å². The smallest absolute Gasteiger partial charge is 0.255 e. The standard InChI is InChI=1S/C12H16INO3/c1-12(2,17-3)7-14-11(16)9-6-8(13)4-5-10(9)15/h4-6,15H,7H2,1-3H3,(H,14,16). The summed E-state index contributed by atoms with van der Waals surface area (Å²) in [4.78, 5) is 11.9. The summed E-state index contributed by atoms with van der Waals surface area (Å²) in [6.07, 6.45) is 0. The molecule has 0 aliphatic rings. The van der Waals surface area contributed by atoms with Crippen LogP contribution in [0.25, 0.3) is 0 Å². The highest BCUT2D eigenvalue weighted by molar-refractivity contribution is 14.1. The van der Waals surface area contributed by atoms with Gasteiger partial charge in [0.15, 0.2) is 0 Å². The number of rotatable bonds is 4. The summed E-state index contributed by atoms with van der Waals surface area (Å²) in [6, 6.07) is 4.90. The number of methoxy groups -OCH3 is 1. The number of phenolic OH excluding ortho intramolecular Hbond substituents is 1. The van der Waals surface area contributed by atoms with E-state index in [1.165, 1.54) is 6.07 Å². The van der Waals surface area contributed by atoms with Gasteiger partial charge in [0.1, 0.15) is 5.75 Å². The molecule has 0 unspecified atom stereocenters. The van der Waals surface area contributed by atoms with E-state index in [1.807, 2.05) is 13.8 Å². The Balaban J connectivity index is 2.74. The molecule has 1 aromatic carbocycles. The van der Waals surface area contributed by atoms with Gasteiger partial charge in [-0.05, 0) is 54.6 Å². The van der Waals surface area contributed by atoms with Crippen LogP contribution in [0.2, 0.25) is 0 Å². The van der Waals surface area contributed by atoms with Crippen molar-refractivity contribution in [3.63, 3.8) is 0 Å². The van der Waals surface area contributed by atoms with Crippen LogP contribution in [0.15, 0.2) is 18.2 Å². The zero-order valence-electron chi connectivity index (χ0n) is 10.1. The predicted molar refractivity (Wildman–Crippen MR) is 74.2 cm³/mol. The first-order chi connectivity index (χ1) is 7.85. The number of carbonyl (C=O) groups excluding carboxylic acids is 1. The van der Waals surface area contributed by atoms with Gasteiger partial charge in [-0.3, -0.25) is 4.79 Å². The first-order valence-corrected chi connectivity index (χ1v) is 6.25. The zero-order valence-corrected chi connectivity index (χ0v) is 12.2. The molecule has 0 saturated carbocycles. The van der Waals surface area contributed by atoms with Gasteiger partial charge in [-0.25, -0.2) is 0 Å². The predicted octanol–water partition coefficient (Wildman–Crippen LogP) is 2.15. The van der Waals surface area contributed by atoms with Crippen LogP contribution in [0.1, 0.15) is 24.2 Å². The largest absolute Gasteiger partial charge is 0.507 e. The summed E-state index contributed by atoms with van der Waals surface area (Å²) >= 11 is 2.09. The van der Waals surface area contributed by atoms with Crippen LogP contribution in [0.4, 0.5) is 0 Å². The van der Waals surface area contributed by atoms with E-state index in [9.17, 15) is 9.90 Å². The fraction of sp³-hybridized carbons (Fsp3) is 0.417. The number of nitrogens with one attached hydrogen (secondary N) is 1. The third-order valence-corrected chi connectivity index (χ3v) is 3.10. The van der Waals surface area contributed by atoms with Crippen molar-refractivity contribution in [2.75, 3.05) is 13.7 Å². The number of carbonyl (C=O) groups is 1. The maximum Gasteiger partial charge on any atom is 0.255 e. The molecule has 0 heterocycles. The number of ether oxygens (including phenoxy) is 1. The highest BCUT2D eigenvalue weighted by Gasteiger charge is 2.19. The molecule has 94 valence electrons. The molecule has 0 radical (unpaired) electrons. The third kappa shape index (κ3) is 4.16. The number of hydrogen-bond donors (Lipinski definition) is 2. The number of aromatic hydroxyl groups is 1. The fourth-order valence-electron chi connectivity index (χ4n) is 1.15. The fourth-order valence-corrected chi connectivity index (χ4v) is 1.64. The number of benzene rings is 1. The van der Waals surface area contributed by atoms with E-state index < -0.39 is 5.60 Å². The molecule has 4 nitrogen and oxygen atoms in total. The second-order valence-corrected chi connectivity index (χ2v) is 5.55. The van der Waals surface area contributed by atoms with Crippen molar-refractivity contribution in [1.29, 1.82) is 0 Å². The normalized spacial score (nSPS) is 11.3. The lowest BCUT2D eigenvalue weighted by Gasteiger charge is -2.23. The summed E-state index contributed by atoms with van der Waals surface area (Å²) in [5.41, 5.74) is -0.142. The number of halogens is 1. The average molecular weight is 349 g/mol. The summed E-state index contributed by atoms with van der Waals surface area (Å²) in [5, 5.41) is 12.3. The van der Waals surface area contributed by atoms with Gasteiger partial charge in [-0.1, -0.05) is 0 Å². The molecule has 0 aromatic heterocycles. The molecule has 0 aliphatic carbocycles. The van der Waals surface area contributed by atoms with Crippen molar-refractivity contribution in [1.82, 2.24) is 5.32 Å². The highest BCUT2D eigenvalue weighted by Crippen LogP contribution is 2.19. The second-order valence-electron chi connectivity index (χ2n) is 4.31. The van der Waals surface area contributed by atoms with Crippen molar-refractivity contribution >= 4 is 28.5 Å². The molecule has 0 bridgehead atoms. The average Bonchev–Trinajstić information content (AvgIpc) is 2.29. The van der Waals surface area contributed by atoms with E-state index in [4.69, 9.17) is 4.74 Å². The van der Waals surface area contributed by atoms with Crippen molar-refractivity contribution < 1.29 is 14.6 Å². The van der Waals surface area contributed by atoms with Crippen LogP contribution in [0, 0.1) is 3.57 Å². The van der Waals surface area contributed by atoms with Crippen molar-refractivity contribution in [3.8, 4) is 5.75 Å². The van der Waals surface area contributed by atoms with E-state index in [1.54, 1.807) is 19.2 Å². The maximum absolute atomic E-state index is 11.9. The van der Waals surface area contributed by atoms with E-state index in [-0.39, 0.29) is 17.2 Å². The lowest BCUT2D eigenvalue weighted by atomic mass is 10.1. The Labute approximate surface area is 115 Å². The van der Waals surface area contributed by atoms with Gasteiger partial charge in [-0.15, -0.1) is 0 Å². The quantitative estimate of drug-likeness (QED) is 0.819. The number of hydrogen-bond acceptors (Lipinski definition) is 3. The lowest BCUT2D eigenvalue weighted by molar-refractivity contribution is 0.0228. The van der Waals surface area contributed by atoms with Crippen molar-refractivity contribution in [2.24, 2.45) is 0 Å². The highest BCUT2D eigenvalue weighted by atomic mass is 127. The van der Waals surface area contributed by atoms with Gasteiger partial charge in [0, 0.05) is 17.2 Å². The molecule has 0 saturated heterocycles. The molecule has 0 spiro atoms. The summed E-state index contributed by atoms with van der Waals surface area (Å²) in [7, 11) is 1.59. The monoisotopic (exact) mass is 349 g/mol. The van der Waals surface area contributed by atoms with Crippen LogP contribution in [0.3, 0.4) is 0 Å². The molecular weight excluding hydrogens is 333 g/mol. The summed E-state index contributed by atoms with van der Waals surface area (Å²) < 4.78 is 6.10. The minimum Gasteiger partial charge on any atom is -0.507 e. The minimum absolute atomic E-state index is 0.0156. The van der Waals surface area contributed by atoms with Gasteiger partial charge >= 0.3 is 0 Å². The van der Waals surface area contributed by atoms with Gasteiger partial charge in [0.25, 0.3) is 5.91 Å². The van der Waals surface area contributed by atoms with Gasteiger partial charge in [-0.2, -0.15) is 0 Å². The number of amides is 1. The second kappa shape index (κ2) is 5.68. The number of phenols is 1. The molecule has 17 heavy (non-hydrogen) atoms. The molecule has 0 fully saturated rings. The van der Waals surface area contributed by atoms with Crippen LogP contribution >= 0.6 is 22.6 Å². The Morgan fingerprint density at radius 2 is 2.18 bits per heavy atom. The van der Waals surface area contributed by atoms with Gasteiger partial charge in [0.05, 0.1) is 11.2 Å². The SMILES string of the molecule is COC(C)(C)CNC(=O)c1cc(I)ccc1O. The van der Waals surface area contributed by atoms with E-state index in [0.717, 1.165) is 3.57 Å². The molecule has 5 heteroatoms. The van der Waals surface area contributed by atoms with E-state index in [0.29, 0.717) is 6.54 Å². The molecular formula is C12H16INO3. The Kier molecular flexibility index (Phi) is 4.76. The third-order valence-electron chi connectivity index (χ3n) is 2.43. The van der Waals surface area contributed by atoms with E-state index in [2.05, 4.69) is 27.9 Å². The lowest BCUT2D eigenvalue weighted by Crippen LogP contribution is -2.39. The molecule has 1 rings (SSSR count). The van der Waals surface area contributed by atoms with Crippen LogP contribution in [-0.2, 0) is 4.74 Å². The Hall–Kier alpha value is -0.820. The van der Waals surface area contributed by atoms with Gasteiger partial charge < -0.3 is 15.2 Å². The van der Waals surface area contributed by atoms with Crippen molar-refractivity contribution in [3.05, 3.63) is 27.3 Å². The van der Waals surface area contributed by atoms with Crippen molar-refractivity contribution in [2.45, 2.75) is 19.4 Å². The Bertz CT molecular complexity index is 418. The van der Waals surface area contributed by atoms with Gasteiger partial charge in [0.2, 0.25) is 0 Å². The first-order valence-electron chi connectivity index (χ1n) is 5.17. The zero-order chi connectivity index (χ0) is 13.1. The maximum atomic E-state index is 11.9.